The van der Waals surface area contributed by atoms with Crippen molar-refractivity contribution in [2.45, 2.75) is 6.42 Å². The Morgan fingerprint density at radius 3 is 2.54 bits per heavy atom. The predicted octanol–water partition coefficient (Wildman–Crippen LogP) is 2.61. The number of H-pyrrole nitrogens is 1. The lowest BCUT2D eigenvalue weighted by Gasteiger charge is -1.98. The Hall–Kier alpha value is -0.840. The second-order valence-corrected chi connectivity index (χ2v) is 4.13. The smallest absolute Gasteiger partial charge is 0.0490 e. The zero-order valence-electron chi connectivity index (χ0n) is 7.00. The van der Waals surface area contributed by atoms with E-state index in [0.717, 1.165) is 12.1 Å². The quantitative estimate of drug-likeness (QED) is 0.844. The molecule has 0 fully saturated rings. The van der Waals surface area contributed by atoms with E-state index < -0.39 is 0 Å². The highest BCUT2D eigenvalue weighted by Crippen LogP contribution is 2.09. The van der Waals surface area contributed by atoms with Crippen molar-refractivity contribution in [2.75, 3.05) is 0 Å². The number of hydrogen-bond acceptors (Lipinski definition) is 1. The number of nitrogens with one attached hydrogen (secondary N) is 1. The number of aromatic amines is 1. The lowest BCUT2D eigenvalue weighted by atomic mass is 10.1. The van der Waals surface area contributed by atoms with E-state index in [2.05, 4.69) is 57.1 Å². The number of hydrogen-bond donors (Lipinski definition) is 1. The van der Waals surface area contributed by atoms with Crippen LogP contribution in [0, 0.1) is 3.57 Å². The third-order valence-corrected chi connectivity index (χ3v) is 2.59. The molecule has 1 N–H and O–H groups in total. The summed E-state index contributed by atoms with van der Waals surface area (Å²) in [4.78, 5) is 0. The van der Waals surface area contributed by atoms with Crippen molar-refractivity contribution < 1.29 is 0 Å². The van der Waals surface area contributed by atoms with Crippen LogP contribution in [0.3, 0.4) is 0 Å². The molecule has 2 nitrogen and oxygen atoms in total. The van der Waals surface area contributed by atoms with Gasteiger partial charge < -0.3 is 0 Å². The van der Waals surface area contributed by atoms with Gasteiger partial charge in [-0.15, -0.1) is 0 Å². The summed E-state index contributed by atoms with van der Waals surface area (Å²) in [7, 11) is 0. The van der Waals surface area contributed by atoms with Gasteiger partial charge >= 0.3 is 0 Å². The normalized spacial score (nSPS) is 10.2. The summed E-state index contributed by atoms with van der Waals surface area (Å²) in [6.45, 7) is 0. The predicted molar refractivity (Wildman–Crippen MR) is 60.6 cm³/mol. The van der Waals surface area contributed by atoms with E-state index >= 15 is 0 Å². The molecule has 0 aliphatic rings. The summed E-state index contributed by atoms with van der Waals surface area (Å²) >= 11 is 2.31. The third-order valence-electron chi connectivity index (χ3n) is 1.87. The van der Waals surface area contributed by atoms with E-state index in [1.807, 2.05) is 6.07 Å². The number of benzene rings is 1. The van der Waals surface area contributed by atoms with Gasteiger partial charge in [-0.05, 0) is 46.4 Å². The van der Waals surface area contributed by atoms with Gasteiger partial charge in [0, 0.05) is 21.9 Å². The first-order valence-corrected chi connectivity index (χ1v) is 5.15. The molecule has 1 aromatic heterocycles. The minimum Gasteiger partial charge on any atom is -0.282 e. The largest absolute Gasteiger partial charge is 0.282 e. The molecule has 0 spiro atoms. The van der Waals surface area contributed by atoms with Crippen molar-refractivity contribution in [1.82, 2.24) is 10.2 Å². The highest BCUT2D eigenvalue weighted by atomic mass is 127. The standard InChI is InChI=1S/C10H9IN2/c11-9-3-1-8(2-4-9)7-10-5-6-12-13-10/h1-6H,7H2,(H,12,13). The summed E-state index contributed by atoms with van der Waals surface area (Å²) in [6.07, 6.45) is 2.71. The maximum atomic E-state index is 3.91. The molecule has 2 aromatic rings. The first-order valence-electron chi connectivity index (χ1n) is 4.07. The molecule has 1 aromatic carbocycles. The summed E-state index contributed by atoms with van der Waals surface area (Å²) in [6, 6.07) is 10.5. The number of halogens is 1. The van der Waals surface area contributed by atoms with E-state index in [4.69, 9.17) is 0 Å². The fourth-order valence-electron chi connectivity index (χ4n) is 1.21. The molecule has 0 bridgehead atoms. The summed E-state index contributed by atoms with van der Waals surface area (Å²) in [5, 5.41) is 6.86. The van der Waals surface area contributed by atoms with Crippen molar-refractivity contribution in [2.24, 2.45) is 0 Å². The minimum atomic E-state index is 0.928. The zero-order chi connectivity index (χ0) is 9.10. The van der Waals surface area contributed by atoms with Crippen molar-refractivity contribution >= 4 is 22.6 Å². The van der Waals surface area contributed by atoms with E-state index in [1.54, 1.807) is 6.20 Å². The van der Waals surface area contributed by atoms with Crippen LogP contribution >= 0.6 is 22.6 Å². The first-order chi connectivity index (χ1) is 6.34. The maximum Gasteiger partial charge on any atom is 0.0490 e. The molecule has 0 atom stereocenters. The van der Waals surface area contributed by atoms with Crippen LogP contribution in [0.1, 0.15) is 11.3 Å². The molecule has 0 saturated carbocycles. The summed E-state index contributed by atoms with van der Waals surface area (Å²) in [5.41, 5.74) is 2.46. The fraction of sp³-hybridized carbons (Fsp3) is 0.100. The molecule has 0 amide bonds. The van der Waals surface area contributed by atoms with Crippen molar-refractivity contribution in [1.29, 1.82) is 0 Å². The Labute approximate surface area is 90.5 Å². The van der Waals surface area contributed by atoms with Crippen LogP contribution in [0.4, 0.5) is 0 Å². The van der Waals surface area contributed by atoms with Gasteiger partial charge in [0.05, 0.1) is 0 Å². The molecule has 13 heavy (non-hydrogen) atoms. The Morgan fingerprint density at radius 1 is 1.15 bits per heavy atom. The Kier molecular flexibility index (Phi) is 2.63. The van der Waals surface area contributed by atoms with Gasteiger partial charge in [-0.3, -0.25) is 5.10 Å². The highest BCUT2D eigenvalue weighted by molar-refractivity contribution is 14.1. The average Bonchev–Trinajstić information content (AvgIpc) is 2.62. The third kappa shape index (κ3) is 2.30. The Bertz CT molecular complexity index is 364. The van der Waals surface area contributed by atoms with Gasteiger partial charge in [-0.2, -0.15) is 5.10 Å². The molecule has 66 valence electrons. The zero-order valence-corrected chi connectivity index (χ0v) is 9.15. The molecule has 3 heteroatoms. The van der Waals surface area contributed by atoms with Crippen molar-refractivity contribution in [3.8, 4) is 0 Å². The first kappa shape index (κ1) is 8.74. The Morgan fingerprint density at radius 2 is 1.92 bits per heavy atom. The van der Waals surface area contributed by atoms with Gasteiger partial charge in [0.1, 0.15) is 0 Å². The van der Waals surface area contributed by atoms with Gasteiger partial charge in [-0.25, -0.2) is 0 Å². The molecule has 0 aliphatic heterocycles. The fourth-order valence-corrected chi connectivity index (χ4v) is 1.56. The second-order valence-electron chi connectivity index (χ2n) is 2.89. The molecule has 0 aliphatic carbocycles. The number of rotatable bonds is 2. The van der Waals surface area contributed by atoms with Crippen molar-refractivity contribution in [3.63, 3.8) is 0 Å². The molecule has 0 unspecified atom stereocenters. The van der Waals surface area contributed by atoms with Gasteiger partial charge in [-0.1, -0.05) is 12.1 Å². The van der Waals surface area contributed by atoms with E-state index in [9.17, 15) is 0 Å². The summed E-state index contributed by atoms with van der Waals surface area (Å²) < 4.78 is 1.27. The van der Waals surface area contributed by atoms with Crippen LogP contribution in [0.15, 0.2) is 36.5 Å². The van der Waals surface area contributed by atoms with Crippen LogP contribution in [-0.2, 0) is 6.42 Å². The van der Waals surface area contributed by atoms with Crippen LogP contribution < -0.4 is 0 Å². The lowest BCUT2D eigenvalue weighted by molar-refractivity contribution is 0.996. The van der Waals surface area contributed by atoms with Gasteiger partial charge in [0.15, 0.2) is 0 Å². The number of nitrogens with zero attached hydrogens (tertiary/aromatic N) is 1. The van der Waals surface area contributed by atoms with Crippen LogP contribution in [-0.4, -0.2) is 10.2 Å². The molecule has 0 saturated heterocycles. The monoisotopic (exact) mass is 284 g/mol. The maximum absolute atomic E-state index is 3.91. The van der Waals surface area contributed by atoms with Crippen LogP contribution in [0.25, 0.3) is 0 Å². The van der Waals surface area contributed by atoms with Gasteiger partial charge in [0.25, 0.3) is 0 Å². The second kappa shape index (κ2) is 3.91. The topological polar surface area (TPSA) is 28.7 Å². The van der Waals surface area contributed by atoms with Gasteiger partial charge in [0.2, 0.25) is 0 Å². The van der Waals surface area contributed by atoms with E-state index in [1.165, 1.54) is 9.13 Å². The van der Waals surface area contributed by atoms with Crippen LogP contribution in [0.2, 0.25) is 0 Å². The lowest BCUT2D eigenvalue weighted by Crippen LogP contribution is -1.88. The van der Waals surface area contributed by atoms with E-state index in [-0.39, 0.29) is 0 Å². The van der Waals surface area contributed by atoms with Crippen LogP contribution in [0.5, 0.6) is 0 Å². The Balaban J connectivity index is 2.15. The van der Waals surface area contributed by atoms with Crippen molar-refractivity contribution in [3.05, 3.63) is 51.4 Å². The average molecular weight is 284 g/mol. The summed E-state index contributed by atoms with van der Waals surface area (Å²) in [5.74, 6) is 0. The molecular weight excluding hydrogens is 275 g/mol. The highest BCUT2D eigenvalue weighted by Gasteiger charge is 1.96. The molecule has 2 rings (SSSR count). The SMILES string of the molecule is Ic1ccc(Cc2ccn[nH]2)cc1. The minimum absolute atomic E-state index is 0.928. The molecular formula is C10H9IN2. The van der Waals surface area contributed by atoms with E-state index in [0.29, 0.717) is 0 Å². The number of aromatic nitrogens is 2. The molecule has 0 radical (unpaired) electrons. The molecule has 1 heterocycles.